The fraction of sp³-hybridized carbons (Fsp3) is 0.667. The Labute approximate surface area is 160 Å². The van der Waals surface area contributed by atoms with Gasteiger partial charge in [-0.1, -0.05) is 11.8 Å². The number of rotatable bonds is 5. The minimum atomic E-state index is -3.43. The molecule has 0 bridgehead atoms. The number of nitrogens with zero attached hydrogens (tertiary/aromatic N) is 3. The predicted octanol–water partition coefficient (Wildman–Crippen LogP) is 2.75. The summed E-state index contributed by atoms with van der Waals surface area (Å²) in [6, 6.07) is 3.87. The van der Waals surface area contributed by atoms with Crippen LogP contribution in [0, 0.1) is 0 Å². The first-order chi connectivity index (χ1) is 12.4. The highest BCUT2D eigenvalue weighted by atomic mass is 32.2. The number of sulfonamides is 1. The topological polar surface area (TPSA) is 70.6 Å². The molecule has 0 saturated carbocycles. The van der Waals surface area contributed by atoms with E-state index < -0.39 is 10.0 Å². The van der Waals surface area contributed by atoms with E-state index in [9.17, 15) is 13.2 Å². The molecule has 3 heterocycles. The van der Waals surface area contributed by atoms with Crippen LogP contribution in [0.1, 0.15) is 46.0 Å². The maximum atomic E-state index is 12.6. The van der Waals surface area contributed by atoms with Gasteiger partial charge < -0.3 is 4.90 Å². The standard InChI is InChI=1S/C18H27N3O3S2/c1-14-6-5-7-15(2)21(14)18(22)13-25-17-9-8-16(12-19-17)26(23,24)20-10-3-4-11-20/h8-9,12,14-15H,3-7,10-11,13H2,1-2H3/t14-,15+. The highest BCUT2D eigenvalue weighted by Gasteiger charge is 2.29. The summed E-state index contributed by atoms with van der Waals surface area (Å²) in [7, 11) is -3.43. The number of pyridine rings is 1. The summed E-state index contributed by atoms with van der Waals surface area (Å²) in [5.41, 5.74) is 0. The van der Waals surface area contributed by atoms with Crippen LogP contribution in [0.15, 0.2) is 28.3 Å². The number of hydrogen-bond acceptors (Lipinski definition) is 5. The van der Waals surface area contributed by atoms with Gasteiger partial charge >= 0.3 is 0 Å². The van der Waals surface area contributed by atoms with Crippen LogP contribution in [0.3, 0.4) is 0 Å². The van der Waals surface area contributed by atoms with E-state index in [0.717, 1.165) is 25.7 Å². The highest BCUT2D eigenvalue weighted by molar-refractivity contribution is 7.99. The molecule has 0 aromatic carbocycles. The van der Waals surface area contributed by atoms with E-state index >= 15 is 0 Å². The fourth-order valence-electron chi connectivity index (χ4n) is 3.81. The number of carbonyl (C=O) groups excluding carboxylic acids is 1. The maximum Gasteiger partial charge on any atom is 0.244 e. The minimum Gasteiger partial charge on any atom is -0.337 e. The molecule has 0 aliphatic carbocycles. The molecule has 3 rings (SSSR count). The molecule has 2 aliphatic rings. The largest absolute Gasteiger partial charge is 0.337 e. The summed E-state index contributed by atoms with van der Waals surface area (Å²) in [5, 5.41) is 0.677. The van der Waals surface area contributed by atoms with Crippen molar-refractivity contribution < 1.29 is 13.2 Å². The molecule has 1 aromatic heterocycles. The number of aromatic nitrogens is 1. The average molecular weight is 398 g/mol. The quantitative estimate of drug-likeness (QED) is 0.715. The lowest BCUT2D eigenvalue weighted by molar-refractivity contribution is -0.134. The van der Waals surface area contributed by atoms with E-state index in [1.165, 1.54) is 28.7 Å². The molecule has 0 spiro atoms. The molecule has 1 amide bonds. The molecule has 1 aromatic rings. The zero-order valence-corrected chi connectivity index (χ0v) is 17.1. The van der Waals surface area contributed by atoms with Crippen molar-refractivity contribution in [2.45, 2.75) is 68.0 Å². The molecule has 2 aliphatic heterocycles. The van der Waals surface area contributed by atoms with Gasteiger partial charge in [-0.05, 0) is 58.1 Å². The highest BCUT2D eigenvalue weighted by Crippen LogP contribution is 2.26. The molecule has 0 unspecified atom stereocenters. The molecular weight excluding hydrogens is 370 g/mol. The number of piperidine rings is 1. The van der Waals surface area contributed by atoms with Gasteiger partial charge in [-0.15, -0.1) is 0 Å². The third-order valence-corrected chi connectivity index (χ3v) is 8.05. The Morgan fingerprint density at radius 3 is 2.38 bits per heavy atom. The van der Waals surface area contributed by atoms with Crippen LogP contribution >= 0.6 is 11.8 Å². The van der Waals surface area contributed by atoms with Crippen molar-refractivity contribution in [3.05, 3.63) is 18.3 Å². The van der Waals surface area contributed by atoms with Gasteiger partial charge in [-0.3, -0.25) is 4.79 Å². The van der Waals surface area contributed by atoms with Gasteiger partial charge in [0.2, 0.25) is 15.9 Å². The van der Waals surface area contributed by atoms with Gasteiger partial charge in [0.05, 0.1) is 10.8 Å². The van der Waals surface area contributed by atoms with E-state index in [0.29, 0.717) is 23.9 Å². The van der Waals surface area contributed by atoms with Crippen molar-refractivity contribution >= 4 is 27.7 Å². The molecule has 2 saturated heterocycles. The predicted molar refractivity (Wildman–Crippen MR) is 103 cm³/mol. The molecule has 0 radical (unpaired) electrons. The first-order valence-corrected chi connectivity index (χ1v) is 11.7. The third kappa shape index (κ3) is 4.23. The van der Waals surface area contributed by atoms with E-state index in [2.05, 4.69) is 18.8 Å². The van der Waals surface area contributed by atoms with Crippen LogP contribution in [0.4, 0.5) is 0 Å². The van der Waals surface area contributed by atoms with Gasteiger partial charge in [0, 0.05) is 31.4 Å². The van der Waals surface area contributed by atoms with Gasteiger partial charge in [-0.25, -0.2) is 13.4 Å². The summed E-state index contributed by atoms with van der Waals surface area (Å²) >= 11 is 1.37. The van der Waals surface area contributed by atoms with Gasteiger partial charge in [-0.2, -0.15) is 4.31 Å². The summed E-state index contributed by atoms with van der Waals surface area (Å²) in [4.78, 5) is 19.0. The van der Waals surface area contributed by atoms with Crippen LogP contribution in [-0.4, -0.2) is 59.4 Å². The second-order valence-corrected chi connectivity index (χ2v) is 10.1. The Morgan fingerprint density at radius 2 is 1.81 bits per heavy atom. The Balaban J connectivity index is 1.60. The Hall–Kier alpha value is -1.12. The van der Waals surface area contributed by atoms with Crippen LogP contribution in [-0.2, 0) is 14.8 Å². The van der Waals surface area contributed by atoms with Gasteiger partial charge in [0.25, 0.3) is 0 Å². The van der Waals surface area contributed by atoms with E-state index in [1.807, 2.05) is 4.90 Å². The first-order valence-electron chi connectivity index (χ1n) is 9.30. The van der Waals surface area contributed by atoms with E-state index in [1.54, 1.807) is 12.1 Å². The van der Waals surface area contributed by atoms with Crippen molar-refractivity contribution in [1.29, 1.82) is 0 Å². The fourth-order valence-corrected chi connectivity index (χ4v) is 5.98. The summed E-state index contributed by atoms with van der Waals surface area (Å²) in [5.74, 6) is 0.463. The second-order valence-electron chi connectivity index (χ2n) is 7.16. The third-order valence-electron chi connectivity index (χ3n) is 5.24. The second kappa shape index (κ2) is 8.27. The number of amides is 1. The van der Waals surface area contributed by atoms with Crippen LogP contribution in [0.2, 0.25) is 0 Å². The molecule has 26 heavy (non-hydrogen) atoms. The summed E-state index contributed by atoms with van der Waals surface area (Å²) in [6.07, 6.45) is 6.52. The number of carbonyl (C=O) groups is 1. The lowest BCUT2D eigenvalue weighted by Gasteiger charge is -2.39. The SMILES string of the molecule is C[C@@H]1CCC[C@H](C)N1C(=O)CSc1ccc(S(=O)(=O)N2CCCC2)cn1. The van der Waals surface area contributed by atoms with Crippen molar-refractivity contribution in [2.75, 3.05) is 18.8 Å². The molecule has 6 nitrogen and oxygen atoms in total. The summed E-state index contributed by atoms with van der Waals surface area (Å²) < 4.78 is 26.5. The Bertz CT molecular complexity index is 721. The molecule has 2 atom stereocenters. The molecule has 2 fully saturated rings. The molecule has 8 heteroatoms. The number of thioether (sulfide) groups is 1. The van der Waals surface area contributed by atoms with E-state index in [-0.39, 0.29) is 22.9 Å². The zero-order valence-electron chi connectivity index (χ0n) is 15.4. The molecule has 0 N–H and O–H groups in total. The minimum absolute atomic E-state index is 0.130. The van der Waals surface area contributed by atoms with Gasteiger partial charge in [0.15, 0.2) is 0 Å². The van der Waals surface area contributed by atoms with Crippen LogP contribution in [0.5, 0.6) is 0 Å². The van der Waals surface area contributed by atoms with Gasteiger partial charge in [0.1, 0.15) is 4.90 Å². The first kappa shape index (κ1) is 19.6. The Morgan fingerprint density at radius 1 is 1.15 bits per heavy atom. The zero-order chi connectivity index (χ0) is 18.7. The maximum absolute atomic E-state index is 12.6. The number of hydrogen-bond donors (Lipinski definition) is 0. The smallest absolute Gasteiger partial charge is 0.244 e. The average Bonchev–Trinajstić information content (AvgIpc) is 3.16. The van der Waals surface area contributed by atoms with Crippen LogP contribution < -0.4 is 0 Å². The normalized spacial score (nSPS) is 24.8. The number of likely N-dealkylation sites (tertiary alicyclic amines) is 1. The molecule has 144 valence electrons. The lowest BCUT2D eigenvalue weighted by atomic mass is 9.98. The van der Waals surface area contributed by atoms with Crippen LogP contribution in [0.25, 0.3) is 0 Å². The van der Waals surface area contributed by atoms with Crippen molar-refractivity contribution in [1.82, 2.24) is 14.2 Å². The Kier molecular flexibility index (Phi) is 6.25. The monoisotopic (exact) mass is 397 g/mol. The molecular formula is C18H27N3O3S2. The van der Waals surface area contributed by atoms with E-state index in [4.69, 9.17) is 0 Å². The van der Waals surface area contributed by atoms with Crippen molar-refractivity contribution in [3.63, 3.8) is 0 Å². The lowest BCUT2D eigenvalue weighted by Crippen LogP contribution is -2.48. The summed E-state index contributed by atoms with van der Waals surface area (Å²) in [6.45, 7) is 5.38. The van der Waals surface area contributed by atoms with Crippen molar-refractivity contribution in [3.8, 4) is 0 Å². The van der Waals surface area contributed by atoms with Crippen molar-refractivity contribution in [2.24, 2.45) is 0 Å².